The maximum absolute atomic E-state index is 13.8. The van der Waals surface area contributed by atoms with Crippen LogP contribution in [0, 0.1) is 11.3 Å². The minimum atomic E-state index is -0.943. The second-order valence-electron chi connectivity index (χ2n) is 12.3. The van der Waals surface area contributed by atoms with E-state index < -0.39 is 54.1 Å². The Morgan fingerprint density at radius 1 is 0.760 bits per heavy atom. The Hall–Kier alpha value is -4.13. The Balaban J connectivity index is 2.18. The Kier molecular flexibility index (Phi) is 19.0. The first-order valence-electron chi connectivity index (χ1n) is 16.9. The summed E-state index contributed by atoms with van der Waals surface area (Å²) in [5.41, 5.74) is 35.9. The van der Waals surface area contributed by atoms with Gasteiger partial charge in [-0.25, -0.2) is 10.9 Å². The lowest BCUT2D eigenvalue weighted by molar-refractivity contribution is -0.138. The molecule has 276 valence electrons. The molecule has 0 fully saturated rings. The quantitative estimate of drug-likeness (QED) is 0.0140. The maximum Gasteiger partial charge on any atom is 0.242 e. The highest BCUT2D eigenvalue weighted by Crippen LogP contribution is 2.11. The number of hydrazine groups is 1. The molecule has 0 aliphatic heterocycles. The number of amides is 2. The highest BCUT2D eigenvalue weighted by Gasteiger charge is 2.31. The summed E-state index contributed by atoms with van der Waals surface area (Å²) in [4.78, 5) is 53.6. The fourth-order valence-electron chi connectivity index (χ4n) is 5.02. The van der Waals surface area contributed by atoms with Crippen molar-refractivity contribution in [1.29, 1.82) is 5.41 Å². The highest BCUT2D eigenvalue weighted by atomic mass is 16.2. The molecule has 2 amide bonds. The molecule has 0 radical (unpaired) electrons. The van der Waals surface area contributed by atoms with Crippen molar-refractivity contribution in [3.63, 3.8) is 0 Å². The second-order valence-corrected chi connectivity index (χ2v) is 12.3. The van der Waals surface area contributed by atoms with Gasteiger partial charge in [0.25, 0.3) is 0 Å². The summed E-state index contributed by atoms with van der Waals surface area (Å²) in [6.07, 6.45) is 0.586. The van der Waals surface area contributed by atoms with Gasteiger partial charge in [0.2, 0.25) is 23.4 Å². The van der Waals surface area contributed by atoms with E-state index in [9.17, 15) is 19.2 Å². The minimum absolute atomic E-state index is 0.0549. The van der Waals surface area contributed by atoms with Gasteiger partial charge in [0.1, 0.15) is 30.5 Å². The average molecular weight is 697 g/mol. The van der Waals surface area contributed by atoms with Gasteiger partial charge in [-0.05, 0) is 55.8 Å². The molecule has 1 unspecified atom stereocenters. The van der Waals surface area contributed by atoms with E-state index >= 15 is 0 Å². The summed E-state index contributed by atoms with van der Waals surface area (Å²) in [5, 5.41) is 19.1. The number of carbonyl (C=O) groups excluding carboxylic acids is 4. The molecule has 2 rings (SSSR count). The van der Waals surface area contributed by atoms with E-state index in [4.69, 9.17) is 34.1 Å². The van der Waals surface area contributed by atoms with E-state index in [1.165, 1.54) is 0 Å². The van der Waals surface area contributed by atoms with Gasteiger partial charge in [0.05, 0.1) is 6.04 Å². The minimum Gasteiger partial charge on any atom is -0.384 e. The normalized spacial score (nSPS) is 13.8. The zero-order valence-electron chi connectivity index (χ0n) is 29.0. The molecule has 16 heteroatoms. The van der Waals surface area contributed by atoms with E-state index in [0.29, 0.717) is 43.5 Å². The smallest absolute Gasteiger partial charge is 0.242 e. The lowest BCUT2D eigenvalue weighted by Crippen LogP contribution is -2.60. The first kappa shape index (κ1) is 42.0. The zero-order valence-corrected chi connectivity index (χ0v) is 29.0. The molecule has 2 aromatic rings. The van der Waals surface area contributed by atoms with Crippen LogP contribution in [-0.4, -0.2) is 73.0 Å². The van der Waals surface area contributed by atoms with Crippen molar-refractivity contribution in [2.75, 3.05) is 13.1 Å². The Bertz CT molecular complexity index is 1360. The van der Waals surface area contributed by atoms with Crippen molar-refractivity contribution in [2.45, 2.75) is 89.6 Å². The SMILES string of the molecule is CC[C@H](C)C(NN[C@@H](CCCNC(N)N)C(=O)C(=O)Cc1ccccc1)C(=O)N[C@@H](CCCNC(N)N)C(=O)NCc1ccc(C(=N)N)cc1. The third kappa shape index (κ3) is 15.6. The Labute approximate surface area is 294 Å². The molecule has 0 heterocycles. The number of rotatable bonds is 25. The number of benzene rings is 2. The van der Waals surface area contributed by atoms with Crippen molar-refractivity contribution in [1.82, 2.24) is 32.1 Å². The molecule has 0 aliphatic rings. The fourth-order valence-corrected chi connectivity index (χ4v) is 5.02. The van der Waals surface area contributed by atoms with E-state index in [-0.39, 0.29) is 37.6 Å². The molecule has 2 aromatic carbocycles. The molecule has 0 bridgehead atoms. The number of nitrogen functional groups attached to an aromatic ring is 1. The van der Waals surface area contributed by atoms with Crippen molar-refractivity contribution < 1.29 is 19.2 Å². The summed E-state index contributed by atoms with van der Waals surface area (Å²) >= 11 is 0. The van der Waals surface area contributed by atoms with Gasteiger partial charge in [-0.1, -0.05) is 74.9 Å². The summed E-state index contributed by atoms with van der Waals surface area (Å²) in [6, 6.07) is 13.2. The largest absolute Gasteiger partial charge is 0.384 e. The van der Waals surface area contributed by atoms with Crippen LogP contribution in [0.15, 0.2) is 54.6 Å². The number of ketones is 2. The monoisotopic (exact) mass is 696 g/mol. The topological polar surface area (TPSA) is 294 Å². The van der Waals surface area contributed by atoms with Crippen LogP contribution in [0.25, 0.3) is 0 Å². The van der Waals surface area contributed by atoms with Crippen LogP contribution in [0.5, 0.6) is 0 Å². The second kappa shape index (κ2) is 22.6. The van der Waals surface area contributed by atoms with Crippen LogP contribution in [0.3, 0.4) is 0 Å². The number of Topliss-reactive ketones (excluding diaryl/α,β-unsaturated/α-hetero) is 2. The van der Waals surface area contributed by atoms with Gasteiger partial charge in [0, 0.05) is 18.5 Å². The van der Waals surface area contributed by atoms with E-state index in [1.807, 2.05) is 19.9 Å². The van der Waals surface area contributed by atoms with Gasteiger partial charge in [-0.3, -0.25) is 35.2 Å². The van der Waals surface area contributed by atoms with Gasteiger partial charge in [0.15, 0.2) is 0 Å². The molecule has 0 saturated heterocycles. The van der Waals surface area contributed by atoms with Crippen LogP contribution in [0.1, 0.15) is 62.6 Å². The number of amidine groups is 1. The zero-order chi connectivity index (χ0) is 37.1. The summed E-state index contributed by atoms with van der Waals surface area (Å²) in [5.74, 6) is -2.33. The van der Waals surface area contributed by atoms with Crippen LogP contribution in [0.4, 0.5) is 0 Å². The molecule has 17 N–H and O–H groups in total. The lowest BCUT2D eigenvalue weighted by Gasteiger charge is -2.28. The van der Waals surface area contributed by atoms with Crippen LogP contribution in [0.2, 0.25) is 0 Å². The van der Waals surface area contributed by atoms with Crippen LogP contribution >= 0.6 is 0 Å². The number of hydrogen-bond acceptors (Lipinski definition) is 13. The maximum atomic E-state index is 13.8. The molecule has 0 aliphatic carbocycles. The lowest BCUT2D eigenvalue weighted by atomic mass is 9.97. The standard InChI is InChI=1S/C34H56N12O4/c1-3-21(2)28(46-45-25(11-7-17-41-33(37)38)29(48)27(47)19-22-9-5-4-6-10-22)32(50)44-26(12-8-18-42-34(39)40)31(49)43-20-23-13-15-24(16-14-23)30(35)36/h4-6,9-10,13-16,21,25-26,28,33-34,41-42,45-46H,3,7-8,11-12,17-20,37-40H2,1-2H3,(H3,35,36)(H,43,49)(H,44,50)/t21-,25-,26-,28?/m0/s1. The van der Waals surface area contributed by atoms with Crippen molar-refractivity contribution >= 4 is 29.2 Å². The van der Waals surface area contributed by atoms with E-state index in [2.05, 4.69) is 32.1 Å². The predicted octanol–water partition coefficient (Wildman–Crippen LogP) is -1.53. The summed E-state index contributed by atoms with van der Waals surface area (Å²) < 4.78 is 0. The third-order valence-electron chi connectivity index (χ3n) is 8.17. The first-order chi connectivity index (χ1) is 23.8. The number of hydrogen-bond donors (Lipinski definition) is 12. The molecule has 50 heavy (non-hydrogen) atoms. The number of nitrogens with one attached hydrogen (secondary N) is 7. The fraction of sp³-hybridized carbons (Fsp3) is 0.500. The molecule has 0 aromatic heterocycles. The van der Waals surface area contributed by atoms with Crippen LogP contribution in [-0.2, 0) is 32.1 Å². The van der Waals surface area contributed by atoms with Crippen LogP contribution < -0.4 is 60.8 Å². The third-order valence-corrected chi connectivity index (χ3v) is 8.17. The number of nitrogens with two attached hydrogens (primary N) is 5. The first-order valence-corrected chi connectivity index (χ1v) is 16.9. The van der Waals surface area contributed by atoms with Crippen molar-refractivity contribution in [3.05, 3.63) is 71.3 Å². The van der Waals surface area contributed by atoms with Crippen molar-refractivity contribution in [2.24, 2.45) is 34.6 Å². The molecule has 16 nitrogen and oxygen atoms in total. The highest BCUT2D eigenvalue weighted by molar-refractivity contribution is 6.39. The van der Waals surface area contributed by atoms with Crippen molar-refractivity contribution in [3.8, 4) is 0 Å². The van der Waals surface area contributed by atoms with Gasteiger partial charge >= 0.3 is 0 Å². The molecular formula is C34H56N12O4. The van der Waals surface area contributed by atoms with Gasteiger partial charge in [-0.15, -0.1) is 0 Å². The Morgan fingerprint density at radius 2 is 1.34 bits per heavy atom. The van der Waals surface area contributed by atoms with E-state index in [0.717, 1.165) is 5.56 Å². The number of carbonyl (C=O) groups is 4. The Morgan fingerprint density at radius 3 is 1.88 bits per heavy atom. The average Bonchev–Trinajstić information content (AvgIpc) is 3.09. The summed E-state index contributed by atoms with van der Waals surface area (Å²) in [7, 11) is 0. The molecular weight excluding hydrogens is 640 g/mol. The summed E-state index contributed by atoms with van der Waals surface area (Å²) in [6.45, 7) is 4.81. The predicted molar refractivity (Wildman–Crippen MR) is 193 cm³/mol. The van der Waals surface area contributed by atoms with E-state index in [1.54, 1.807) is 48.5 Å². The van der Waals surface area contributed by atoms with Gasteiger partial charge in [-0.2, -0.15) is 0 Å². The molecule has 4 atom stereocenters. The molecule has 0 spiro atoms. The van der Waals surface area contributed by atoms with Gasteiger partial charge < -0.3 is 39.3 Å². The molecule has 0 saturated carbocycles.